The van der Waals surface area contributed by atoms with E-state index in [2.05, 4.69) is 79.9 Å². The van der Waals surface area contributed by atoms with Gasteiger partial charge in [0.2, 0.25) is 5.91 Å². The van der Waals surface area contributed by atoms with Crippen LogP contribution in [0, 0.1) is 0 Å². The topological polar surface area (TPSA) is 307 Å². The quantitative estimate of drug-likeness (QED) is 0.0211. The van der Waals surface area contributed by atoms with Gasteiger partial charge in [-0.3, -0.25) is 4.79 Å². The standard InChI is InChI=1S/C65H115NO18/c1-3-5-7-9-11-13-15-17-19-21-23-24-25-27-29-31-33-35-37-39-41-43-53(71)66-48(49(70)42-40-38-36-34-32-30-28-26-22-20-18-16-14-12-10-8-6-4-2)47-79-63-59(77)56(74)61(51(45-68)81-63)84-65-60(78)57(75)62(52(46-69)82-65)83-64-58(76)55(73)54(72)50(44-67)80-64/h5,7,11,13,17,19,23-24,27,29,48-52,54-65,67-70,72-78H,3-4,6,8-10,12,14-16,18,20-22,25-26,28,30-47H2,1-2H3,(H,66,71)/b7-5-,13-11-,19-17-,24-23-,29-27-. The lowest BCUT2D eigenvalue weighted by atomic mass is 9.96. The second kappa shape index (κ2) is 47.5. The summed E-state index contributed by atoms with van der Waals surface area (Å²) in [5.41, 5.74) is 0. The Morgan fingerprint density at radius 1 is 0.440 bits per heavy atom. The molecule has 17 unspecified atom stereocenters. The Morgan fingerprint density at radius 2 is 0.821 bits per heavy atom. The van der Waals surface area contributed by atoms with Gasteiger partial charge in [0, 0.05) is 6.42 Å². The molecule has 0 aromatic heterocycles. The number of rotatable bonds is 48. The summed E-state index contributed by atoms with van der Waals surface area (Å²) in [5.74, 6) is -0.263. The summed E-state index contributed by atoms with van der Waals surface area (Å²) in [5, 5.41) is 121. The minimum atomic E-state index is -1.98. The van der Waals surface area contributed by atoms with Crippen LogP contribution in [0.2, 0.25) is 0 Å². The monoisotopic (exact) mass is 1200 g/mol. The first-order valence-corrected chi connectivity index (χ1v) is 32.5. The molecule has 3 aliphatic heterocycles. The Bertz CT molecular complexity index is 1770. The van der Waals surface area contributed by atoms with Gasteiger partial charge >= 0.3 is 0 Å². The molecule has 0 saturated carbocycles. The van der Waals surface area contributed by atoms with Crippen molar-refractivity contribution in [3.05, 3.63) is 60.8 Å². The van der Waals surface area contributed by atoms with Crippen LogP contribution in [0.4, 0.5) is 0 Å². The molecule has 0 spiro atoms. The zero-order valence-electron chi connectivity index (χ0n) is 51.1. The third-order valence-electron chi connectivity index (χ3n) is 16.1. The third-order valence-corrected chi connectivity index (χ3v) is 16.1. The summed E-state index contributed by atoms with van der Waals surface area (Å²) in [4.78, 5) is 13.4. The number of carbonyl (C=O) groups excluding carboxylic acids is 1. The number of aliphatic hydroxyl groups is 11. The molecule has 0 radical (unpaired) electrons. The molecule has 488 valence electrons. The molecule has 0 bridgehead atoms. The fourth-order valence-electron chi connectivity index (χ4n) is 10.8. The largest absolute Gasteiger partial charge is 0.394 e. The average molecular weight is 1200 g/mol. The van der Waals surface area contributed by atoms with Gasteiger partial charge in [0.1, 0.15) is 73.2 Å². The summed E-state index contributed by atoms with van der Waals surface area (Å²) in [7, 11) is 0. The van der Waals surface area contributed by atoms with E-state index in [1.54, 1.807) is 0 Å². The number of carbonyl (C=O) groups is 1. The Morgan fingerprint density at radius 3 is 1.29 bits per heavy atom. The fraction of sp³-hybridized carbons (Fsp3) is 0.831. The van der Waals surface area contributed by atoms with Crippen LogP contribution in [-0.4, -0.2) is 193 Å². The lowest BCUT2D eigenvalue weighted by Gasteiger charge is -2.48. The minimum absolute atomic E-state index is 0.242. The first-order valence-electron chi connectivity index (χ1n) is 32.5. The molecule has 19 heteroatoms. The fourth-order valence-corrected chi connectivity index (χ4v) is 10.8. The Balaban J connectivity index is 1.47. The maximum Gasteiger partial charge on any atom is 0.220 e. The predicted molar refractivity (Wildman–Crippen MR) is 323 cm³/mol. The maximum absolute atomic E-state index is 13.4. The van der Waals surface area contributed by atoms with Crippen molar-refractivity contribution < 1.29 is 89.4 Å². The second-order valence-electron chi connectivity index (χ2n) is 23.2. The summed E-state index contributed by atoms with van der Waals surface area (Å²) in [6, 6.07) is -0.901. The lowest BCUT2D eigenvalue weighted by molar-refractivity contribution is -0.379. The van der Waals surface area contributed by atoms with Crippen LogP contribution in [-0.2, 0) is 33.2 Å². The van der Waals surface area contributed by atoms with Crippen molar-refractivity contribution in [2.24, 2.45) is 0 Å². The SMILES string of the molecule is CC/C=C\C/C=C\C/C=C\C/C=C\C/C=C\CCCCCCCC(=O)NC(COC1OC(CO)C(OC2OC(CO)C(OC3OC(CO)C(O)C(O)C3O)C(O)C2O)C(O)C1O)C(O)CCCCCCCCCCCCCCCCCCCC. The molecule has 3 rings (SSSR count). The van der Waals surface area contributed by atoms with Crippen molar-refractivity contribution in [2.45, 2.75) is 317 Å². The van der Waals surface area contributed by atoms with E-state index < -0.39 is 124 Å². The maximum atomic E-state index is 13.4. The van der Waals surface area contributed by atoms with Gasteiger partial charge in [-0.05, 0) is 57.8 Å². The summed E-state index contributed by atoms with van der Waals surface area (Å²) < 4.78 is 34.4. The van der Waals surface area contributed by atoms with Crippen LogP contribution in [0.5, 0.6) is 0 Å². The molecule has 0 aromatic rings. The van der Waals surface area contributed by atoms with Gasteiger partial charge in [0.25, 0.3) is 0 Å². The molecule has 3 saturated heterocycles. The van der Waals surface area contributed by atoms with E-state index in [-0.39, 0.29) is 18.9 Å². The molecule has 3 aliphatic rings. The van der Waals surface area contributed by atoms with E-state index in [9.17, 15) is 61.0 Å². The van der Waals surface area contributed by atoms with Crippen molar-refractivity contribution in [3.8, 4) is 0 Å². The second-order valence-corrected chi connectivity index (χ2v) is 23.2. The number of aliphatic hydroxyl groups excluding tert-OH is 11. The molecule has 0 aliphatic carbocycles. The van der Waals surface area contributed by atoms with E-state index in [1.807, 2.05) is 0 Å². The number of nitrogens with one attached hydrogen (secondary N) is 1. The number of allylic oxidation sites excluding steroid dienone is 10. The highest BCUT2D eigenvalue weighted by atomic mass is 16.8. The van der Waals surface area contributed by atoms with Crippen molar-refractivity contribution in [3.63, 3.8) is 0 Å². The first-order chi connectivity index (χ1) is 40.8. The first kappa shape index (κ1) is 75.7. The van der Waals surface area contributed by atoms with Gasteiger partial charge in [-0.15, -0.1) is 0 Å². The van der Waals surface area contributed by atoms with Gasteiger partial charge in [-0.1, -0.05) is 209 Å². The van der Waals surface area contributed by atoms with E-state index >= 15 is 0 Å². The number of unbranched alkanes of at least 4 members (excludes halogenated alkanes) is 22. The van der Waals surface area contributed by atoms with Gasteiger partial charge < -0.3 is 89.9 Å². The predicted octanol–water partition coefficient (Wildman–Crippen LogP) is 7.21. The lowest BCUT2D eigenvalue weighted by Crippen LogP contribution is -2.66. The number of hydrogen-bond acceptors (Lipinski definition) is 18. The smallest absolute Gasteiger partial charge is 0.220 e. The number of hydrogen-bond donors (Lipinski definition) is 12. The Hall–Kier alpha value is -2.51. The molecular weight excluding hydrogens is 1080 g/mol. The summed E-state index contributed by atoms with van der Waals surface area (Å²) >= 11 is 0. The molecule has 0 aromatic carbocycles. The number of ether oxygens (including phenoxy) is 6. The zero-order valence-corrected chi connectivity index (χ0v) is 51.1. The van der Waals surface area contributed by atoms with Crippen LogP contribution < -0.4 is 5.32 Å². The van der Waals surface area contributed by atoms with Crippen molar-refractivity contribution >= 4 is 5.91 Å². The average Bonchev–Trinajstić information content (AvgIpc) is 2.76. The minimum Gasteiger partial charge on any atom is -0.394 e. The Kier molecular flexibility index (Phi) is 42.8. The van der Waals surface area contributed by atoms with Crippen LogP contribution in [0.3, 0.4) is 0 Å². The zero-order chi connectivity index (χ0) is 61.2. The molecule has 17 atom stereocenters. The van der Waals surface area contributed by atoms with Crippen molar-refractivity contribution in [2.75, 3.05) is 26.4 Å². The van der Waals surface area contributed by atoms with Crippen LogP contribution in [0.1, 0.15) is 213 Å². The van der Waals surface area contributed by atoms with Crippen molar-refractivity contribution in [1.82, 2.24) is 5.32 Å². The van der Waals surface area contributed by atoms with Gasteiger partial charge in [-0.25, -0.2) is 0 Å². The molecule has 3 heterocycles. The van der Waals surface area contributed by atoms with E-state index in [0.717, 1.165) is 89.9 Å². The summed E-state index contributed by atoms with van der Waals surface area (Å²) in [6.07, 6.45) is 28.6. The van der Waals surface area contributed by atoms with E-state index in [4.69, 9.17) is 28.4 Å². The normalized spacial score (nSPS) is 29.6. The summed E-state index contributed by atoms with van der Waals surface area (Å²) in [6.45, 7) is 1.67. The molecule has 1 amide bonds. The van der Waals surface area contributed by atoms with Crippen LogP contribution in [0.25, 0.3) is 0 Å². The third kappa shape index (κ3) is 30.1. The molecule has 3 fully saturated rings. The number of amides is 1. The highest BCUT2D eigenvalue weighted by Gasteiger charge is 2.53. The van der Waals surface area contributed by atoms with E-state index in [1.165, 1.54) is 89.9 Å². The molecule has 12 N–H and O–H groups in total. The highest BCUT2D eigenvalue weighted by Crippen LogP contribution is 2.33. The highest BCUT2D eigenvalue weighted by molar-refractivity contribution is 5.76. The van der Waals surface area contributed by atoms with Gasteiger partial charge in [-0.2, -0.15) is 0 Å². The van der Waals surface area contributed by atoms with Gasteiger partial charge in [0.15, 0.2) is 18.9 Å². The van der Waals surface area contributed by atoms with Crippen molar-refractivity contribution in [1.29, 1.82) is 0 Å². The molecular formula is C65H115NO18. The molecule has 84 heavy (non-hydrogen) atoms. The van der Waals surface area contributed by atoms with Gasteiger partial charge in [0.05, 0.1) is 38.6 Å². The van der Waals surface area contributed by atoms with E-state index in [0.29, 0.717) is 12.8 Å². The molecule has 19 nitrogen and oxygen atoms in total. The van der Waals surface area contributed by atoms with Crippen LogP contribution >= 0.6 is 0 Å². The Labute approximate surface area is 503 Å². The van der Waals surface area contributed by atoms with Crippen LogP contribution in [0.15, 0.2) is 60.8 Å².